The third kappa shape index (κ3) is 5.92. The zero-order valence-electron chi connectivity index (χ0n) is 15.1. The highest BCUT2D eigenvalue weighted by Gasteiger charge is 2.18. The van der Waals surface area contributed by atoms with Crippen molar-refractivity contribution in [2.75, 3.05) is 12.4 Å². The van der Waals surface area contributed by atoms with Crippen LogP contribution >= 0.6 is 11.6 Å². The summed E-state index contributed by atoms with van der Waals surface area (Å²) in [6.07, 6.45) is 1.53. The topological polar surface area (TPSA) is 81.7 Å². The third-order valence-electron chi connectivity index (χ3n) is 3.59. The molecule has 8 heteroatoms. The second-order valence-electron chi connectivity index (χ2n) is 5.64. The van der Waals surface area contributed by atoms with Crippen LogP contribution < -0.4 is 5.32 Å². The molecular weight excluding hydrogens is 389 g/mol. The molecule has 6 nitrogen and oxygen atoms in total. The highest BCUT2D eigenvalue weighted by Crippen LogP contribution is 2.22. The summed E-state index contributed by atoms with van der Waals surface area (Å²) in [7, 11) is 1.29. The largest absolute Gasteiger partial charge is 0.465 e. The maximum Gasteiger partial charge on any atom is 0.337 e. The Morgan fingerprint density at radius 1 is 1.14 bits per heavy atom. The van der Waals surface area contributed by atoms with E-state index in [1.807, 2.05) is 0 Å². The van der Waals surface area contributed by atoms with Crippen LogP contribution in [0.3, 0.4) is 0 Å². The minimum Gasteiger partial charge on any atom is -0.465 e. The van der Waals surface area contributed by atoms with Gasteiger partial charge in [0.1, 0.15) is 5.82 Å². The maximum absolute atomic E-state index is 13.0. The molecule has 28 heavy (non-hydrogen) atoms. The first-order chi connectivity index (χ1) is 13.3. The van der Waals surface area contributed by atoms with Gasteiger partial charge in [-0.1, -0.05) is 23.7 Å². The van der Waals surface area contributed by atoms with Crippen LogP contribution in [0.25, 0.3) is 6.08 Å². The summed E-state index contributed by atoms with van der Waals surface area (Å²) in [5.74, 6) is -2.34. The molecule has 2 aromatic rings. The molecule has 1 N–H and O–H groups in total. The second kappa shape index (κ2) is 9.66. The summed E-state index contributed by atoms with van der Waals surface area (Å²) < 4.78 is 22.6. The molecule has 2 rings (SSSR count). The SMILES string of the molecule is COC(=O)c1ccc(/C=C/C(=O)O[C@@H](C)C(=O)Nc2ccc(F)cc2Cl)cc1. The van der Waals surface area contributed by atoms with E-state index in [2.05, 4.69) is 10.1 Å². The lowest BCUT2D eigenvalue weighted by Crippen LogP contribution is -2.29. The van der Waals surface area contributed by atoms with Gasteiger partial charge in [-0.3, -0.25) is 4.79 Å². The van der Waals surface area contributed by atoms with E-state index < -0.39 is 29.8 Å². The molecule has 0 aliphatic carbocycles. The smallest absolute Gasteiger partial charge is 0.337 e. The van der Waals surface area contributed by atoms with Crippen LogP contribution in [0.15, 0.2) is 48.5 Å². The molecule has 0 aromatic heterocycles. The van der Waals surface area contributed by atoms with E-state index in [9.17, 15) is 18.8 Å². The zero-order chi connectivity index (χ0) is 20.7. The number of amides is 1. The fourth-order valence-corrected chi connectivity index (χ4v) is 2.32. The Bertz CT molecular complexity index is 911. The number of methoxy groups -OCH3 is 1. The molecule has 0 bridgehead atoms. The molecule has 2 aromatic carbocycles. The summed E-state index contributed by atoms with van der Waals surface area (Å²) in [4.78, 5) is 35.3. The van der Waals surface area contributed by atoms with Crippen molar-refractivity contribution in [1.29, 1.82) is 0 Å². The van der Waals surface area contributed by atoms with Crippen molar-refractivity contribution < 1.29 is 28.2 Å². The van der Waals surface area contributed by atoms with E-state index in [-0.39, 0.29) is 10.7 Å². The summed E-state index contributed by atoms with van der Waals surface area (Å²) in [6, 6.07) is 9.88. The lowest BCUT2D eigenvalue weighted by atomic mass is 10.1. The highest BCUT2D eigenvalue weighted by molar-refractivity contribution is 6.33. The van der Waals surface area contributed by atoms with E-state index in [0.29, 0.717) is 11.1 Å². The van der Waals surface area contributed by atoms with Gasteiger partial charge in [-0.2, -0.15) is 0 Å². The van der Waals surface area contributed by atoms with Crippen molar-refractivity contribution >= 4 is 41.2 Å². The van der Waals surface area contributed by atoms with Gasteiger partial charge >= 0.3 is 11.9 Å². The predicted molar refractivity (Wildman–Crippen MR) is 102 cm³/mol. The Morgan fingerprint density at radius 3 is 2.43 bits per heavy atom. The number of nitrogens with one attached hydrogen (secondary N) is 1. The Kier molecular flexibility index (Phi) is 7.28. The number of carbonyl (C=O) groups is 3. The van der Waals surface area contributed by atoms with Gasteiger partial charge < -0.3 is 14.8 Å². The molecule has 0 fully saturated rings. The second-order valence-corrected chi connectivity index (χ2v) is 6.05. The minimum absolute atomic E-state index is 0.0298. The number of anilines is 1. The van der Waals surface area contributed by atoms with Gasteiger partial charge in [-0.15, -0.1) is 0 Å². The Balaban J connectivity index is 1.91. The lowest BCUT2D eigenvalue weighted by Gasteiger charge is -2.13. The van der Waals surface area contributed by atoms with E-state index >= 15 is 0 Å². The van der Waals surface area contributed by atoms with E-state index in [0.717, 1.165) is 18.2 Å². The molecule has 0 saturated heterocycles. The first kappa shape index (κ1) is 21.1. The predicted octanol–water partition coefficient (Wildman–Crippen LogP) is 3.85. The summed E-state index contributed by atoms with van der Waals surface area (Å²) >= 11 is 5.84. The van der Waals surface area contributed by atoms with E-state index in [1.165, 1.54) is 26.2 Å². The van der Waals surface area contributed by atoms with Crippen LogP contribution in [0.5, 0.6) is 0 Å². The van der Waals surface area contributed by atoms with Gasteiger partial charge in [0.25, 0.3) is 5.91 Å². The Morgan fingerprint density at radius 2 is 1.82 bits per heavy atom. The van der Waals surface area contributed by atoms with Gasteiger partial charge in [0.05, 0.1) is 23.4 Å². The number of halogens is 2. The van der Waals surface area contributed by atoms with Crippen LogP contribution in [-0.2, 0) is 19.1 Å². The minimum atomic E-state index is -1.10. The van der Waals surface area contributed by atoms with Gasteiger partial charge in [0.15, 0.2) is 6.10 Å². The molecular formula is C20H17ClFNO5. The Labute approximate surface area is 165 Å². The number of benzene rings is 2. The molecule has 0 spiro atoms. The number of hydrogen-bond acceptors (Lipinski definition) is 5. The van der Waals surface area contributed by atoms with E-state index in [4.69, 9.17) is 16.3 Å². The number of hydrogen-bond donors (Lipinski definition) is 1. The standard InChI is InChI=1S/C20H17ClFNO5/c1-12(19(25)23-17-9-8-15(22)11-16(17)21)28-18(24)10-5-13-3-6-14(7-4-13)20(26)27-2/h3-12H,1-2H3,(H,23,25)/b10-5+/t12-/m0/s1. The molecule has 0 unspecified atom stereocenters. The monoisotopic (exact) mass is 405 g/mol. The summed E-state index contributed by atoms with van der Waals surface area (Å²) in [5, 5.41) is 2.49. The lowest BCUT2D eigenvalue weighted by molar-refractivity contribution is -0.148. The summed E-state index contributed by atoms with van der Waals surface area (Å²) in [6.45, 7) is 1.39. The van der Waals surface area contributed by atoms with Crippen molar-refractivity contribution in [3.8, 4) is 0 Å². The average molecular weight is 406 g/mol. The van der Waals surface area contributed by atoms with Crippen LogP contribution in [0.4, 0.5) is 10.1 Å². The highest BCUT2D eigenvalue weighted by atomic mass is 35.5. The third-order valence-corrected chi connectivity index (χ3v) is 3.91. The van der Waals surface area contributed by atoms with Gasteiger partial charge in [0.2, 0.25) is 0 Å². The number of esters is 2. The molecule has 1 atom stereocenters. The van der Waals surface area contributed by atoms with Gasteiger partial charge in [-0.25, -0.2) is 14.0 Å². The molecule has 0 heterocycles. The van der Waals surface area contributed by atoms with Crippen LogP contribution in [0.2, 0.25) is 5.02 Å². The quantitative estimate of drug-likeness (QED) is 0.583. The molecule has 146 valence electrons. The van der Waals surface area contributed by atoms with Crippen LogP contribution in [0.1, 0.15) is 22.8 Å². The van der Waals surface area contributed by atoms with E-state index in [1.54, 1.807) is 24.3 Å². The molecule has 0 aliphatic rings. The normalized spacial score (nSPS) is 11.7. The fraction of sp³-hybridized carbons (Fsp3) is 0.150. The van der Waals surface area contributed by atoms with Crippen molar-refractivity contribution in [2.24, 2.45) is 0 Å². The number of rotatable bonds is 6. The van der Waals surface area contributed by atoms with Crippen LogP contribution in [-0.4, -0.2) is 31.1 Å². The van der Waals surface area contributed by atoms with Gasteiger partial charge in [-0.05, 0) is 48.9 Å². The van der Waals surface area contributed by atoms with Crippen molar-refractivity contribution in [3.63, 3.8) is 0 Å². The number of carbonyl (C=O) groups excluding carboxylic acids is 3. The van der Waals surface area contributed by atoms with Gasteiger partial charge in [0, 0.05) is 6.08 Å². The summed E-state index contributed by atoms with van der Waals surface area (Å²) in [5.41, 5.74) is 1.24. The fourth-order valence-electron chi connectivity index (χ4n) is 2.10. The number of ether oxygens (including phenoxy) is 2. The molecule has 0 saturated carbocycles. The maximum atomic E-state index is 13.0. The molecule has 0 radical (unpaired) electrons. The molecule has 0 aliphatic heterocycles. The first-order valence-electron chi connectivity index (χ1n) is 8.13. The van der Waals surface area contributed by atoms with Crippen LogP contribution in [0, 0.1) is 5.82 Å². The van der Waals surface area contributed by atoms with Crippen molar-refractivity contribution in [1.82, 2.24) is 0 Å². The molecule has 1 amide bonds. The van der Waals surface area contributed by atoms with Crippen molar-refractivity contribution in [2.45, 2.75) is 13.0 Å². The van der Waals surface area contributed by atoms with Crippen molar-refractivity contribution in [3.05, 3.63) is 70.5 Å². The Hall–Kier alpha value is -3.19. The zero-order valence-corrected chi connectivity index (χ0v) is 15.8. The average Bonchev–Trinajstić information content (AvgIpc) is 2.68. The first-order valence-corrected chi connectivity index (χ1v) is 8.51.